The van der Waals surface area contributed by atoms with Crippen LogP contribution in [-0.2, 0) is 40.5 Å². The number of halogens is 1. The minimum Gasteiger partial charge on any atom is -0.373 e. The van der Waals surface area contributed by atoms with E-state index in [2.05, 4.69) is 26.9 Å². The summed E-state index contributed by atoms with van der Waals surface area (Å²) in [6.07, 6.45) is 5.44. The third-order valence-electron chi connectivity index (χ3n) is 1.68. The molecule has 19 heavy (non-hydrogen) atoms. The van der Waals surface area contributed by atoms with Crippen LogP contribution in [0.5, 0.6) is 0 Å². The van der Waals surface area contributed by atoms with Gasteiger partial charge in [-0.05, 0) is 26.2 Å². The zero-order valence-corrected chi connectivity index (χ0v) is 11.8. The first-order valence-corrected chi connectivity index (χ1v) is 5.11. The molecule has 5 nitrogen and oxygen atoms in total. The fourth-order valence-electron chi connectivity index (χ4n) is 1.09. The zero-order chi connectivity index (χ0) is 14.8. The van der Waals surface area contributed by atoms with Crippen molar-refractivity contribution in [3.05, 3.63) is 46.1 Å². The molecular formula is C12H13ClFeO5. The molecule has 0 aromatic heterocycles. The van der Waals surface area contributed by atoms with Gasteiger partial charge in [-0.2, -0.15) is 0 Å². The molecule has 1 aliphatic rings. The summed E-state index contributed by atoms with van der Waals surface area (Å²) in [6.45, 7) is 18.4. The van der Waals surface area contributed by atoms with E-state index in [1.54, 1.807) is 6.42 Å². The maximum Gasteiger partial charge on any atom is 0.0975 e. The number of unbranched alkanes of at least 4 members (excludes halogenated alkanes) is 1. The van der Waals surface area contributed by atoms with Gasteiger partial charge in [-0.15, -0.1) is 11.6 Å². The van der Waals surface area contributed by atoms with Gasteiger partial charge in [0, 0.05) is 17.1 Å². The van der Waals surface area contributed by atoms with Crippen LogP contribution in [0.25, 0.3) is 0 Å². The first kappa shape index (κ1) is 27.3. The predicted octanol–water partition coefficient (Wildman–Crippen LogP) is 1.34. The number of ether oxygens (including phenoxy) is 2. The van der Waals surface area contributed by atoms with Gasteiger partial charge < -0.3 is 9.47 Å². The van der Waals surface area contributed by atoms with Crippen LogP contribution >= 0.6 is 11.6 Å². The maximum absolute atomic E-state index is 7.50. The van der Waals surface area contributed by atoms with Crippen molar-refractivity contribution in [2.24, 2.45) is 0 Å². The van der Waals surface area contributed by atoms with Gasteiger partial charge in [-0.1, -0.05) is 0 Å². The molecule has 0 aromatic carbocycles. The van der Waals surface area contributed by atoms with E-state index in [-0.39, 0.29) is 29.3 Å². The van der Waals surface area contributed by atoms with Gasteiger partial charge >= 0.3 is 33.9 Å². The molecule has 0 unspecified atom stereocenters. The van der Waals surface area contributed by atoms with Crippen LogP contribution < -0.4 is 0 Å². The van der Waals surface area contributed by atoms with Gasteiger partial charge in [-0.3, -0.25) is 0 Å². The van der Waals surface area contributed by atoms with Gasteiger partial charge in [0.1, 0.15) is 0 Å². The third-order valence-corrected chi connectivity index (χ3v) is 1.99. The van der Waals surface area contributed by atoms with Gasteiger partial charge in [-0.25, -0.2) is 0 Å². The SMILES string of the molecule is [C-]#[O+].[C-]#[O+].[C-]#[O+].[CH2][CH][CH][CH][C@H]1OCCO[C@@H]1CCl.[Fe]. The second-order valence-electron chi connectivity index (χ2n) is 2.52. The van der Waals surface area contributed by atoms with E-state index in [4.69, 9.17) is 35.0 Å². The van der Waals surface area contributed by atoms with Crippen LogP contribution in [0.15, 0.2) is 0 Å². The summed E-state index contributed by atoms with van der Waals surface area (Å²) in [6, 6.07) is 0. The van der Waals surface area contributed by atoms with Crippen molar-refractivity contribution >= 4 is 11.6 Å². The summed E-state index contributed by atoms with van der Waals surface area (Å²) in [5.74, 6) is 0.464. The van der Waals surface area contributed by atoms with E-state index in [1.165, 1.54) is 0 Å². The number of hydrogen-bond donors (Lipinski definition) is 0. The van der Waals surface area contributed by atoms with Crippen molar-refractivity contribution in [3.8, 4) is 0 Å². The molecule has 2 atom stereocenters. The molecule has 0 aliphatic carbocycles. The number of rotatable bonds is 4. The molecule has 0 amide bonds. The van der Waals surface area contributed by atoms with Crippen molar-refractivity contribution in [1.29, 1.82) is 0 Å². The molecule has 106 valence electrons. The van der Waals surface area contributed by atoms with Gasteiger partial charge in [0.15, 0.2) is 0 Å². The predicted molar refractivity (Wildman–Crippen MR) is 60.2 cm³/mol. The van der Waals surface area contributed by atoms with Crippen molar-refractivity contribution in [3.63, 3.8) is 0 Å². The number of alkyl halides is 1. The van der Waals surface area contributed by atoms with Crippen molar-refractivity contribution < 1.29 is 40.5 Å². The molecule has 0 spiro atoms. The summed E-state index contributed by atoms with van der Waals surface area (Å²) in [4.78, 5) is 0. The molecule has 1 heterocycles. The molecule has 1 fully saturated rings. The smallest absolute Gasteiger partial charge is 0.0975 e. The molecule has 0 bridgehead atoms. The molecule has 4 radical (unpaired) electrons. The molecule has 0 saturated carbocycles. The molecule has 1 saturated heterocycles. The Labute approximate surface area is 130 Å². The van der Waals surface area contributed by atoms with E-state index in [0.717, 1.165) is 0 Å². The minimum absolute atomic E-state index is 0. The fraction of sp³-hybridized carbons (Fsp3) is 0.417. The second-order valence-corrected chi connectivity index (χ2v) is 2.83. The Balaban J connectivity index is -0.000000142. The first-order chi connectivity index (χ1) is 8.88. The largest absolute Gasteiger partial charge is 0.373 e. The Hall–Kier alpha value is -0.0505. The Kier molecular flexibility index (Phi) is 38.1. The van der Waals surface area contributed by atoms with E-state index in [1.807, 2.05) is 12.8 Å². The zero-order valence-electron chi connectivity index (χ0n) is 9.99. The fourth-order valence-corrected chi connectivity index (χ4v) is 1.35. The van der Waals surface area contributed by atoms with Gasteiger partial charge in [0.25, 0.3) is 0 Å². The van der Waals surface area contributed by atoms with Crippen LogP contribution in [-0.4, -0.2) is 31.3 Å². The third kappa shape index (κ3) is 15.9. The first-order valence-electron chi connectivity index (χ1n) is 4.58. The van der Waals surface area contributed by atoms with Crippen molar-refractivity contribution in [2.75, 3.05) is 19.1 Å². The Morgan fingerprint density at radius 1 is 1.11 bits per heavy atom. The minimum atomic E-state index is -0.0192. The average molecular weight is 329 g/mol. The standard InChI is InChI=1S/C9H13ClO2.3CO.Fe/c1-2-3-4-8-9(7-10)12-6-5-11-8;3*1-2;/h2-4,8-9H,1,5-7H2;;;;/t8-,9-;;;;/m1..../s1. The summed E-state index contributed by atoms with van der Waals surface area (Å²) in [5, 5.41) is 0. The quantitative estimate of drug-likeness (QED) is 0.338. The summed E-state index contributed by atoms with van der Waals surface area (Å²) < 4.78 is 33.3. The molecule has 7 heteroatoms. The van der Waals surface area contributed by atoms with Crippen molar-refractivity contribution in [2.45, 2.75) is 12.2 Å². The molecule has 0 aromatic rings. The van der Waals surface area contributed by atoms with Crippen LogP contribution in [0.4, 0.5) is 0 Å². The Bertz CT molecular complexity index is 206. The topological polar surface area (TPSA) is 78.2 Å². The van der Waals surface area contributed by atoms with Crippen LogP contribution in [0.3, 0.4) is 0 Å². The molecule has 0 N–H and O–H groups in total. The van der Waals surface area contributed by atoms with E-state index < -0.39 is 0 Å². The van der Waals surface area contributed by atoms with Gasteiger partial charge in [0.05, 0.1) is 31.3 Å². The van der Waals surface area contributed by atoms with Crippen LogP contribution in [0.2, 0.25) is 0 Å². The summed E-state index contributed by atoms with van der Waals surface area (Å²) >= 11 is 5.69. The molecule has 1 rings (SSSR count). The second kappa shape index (κ2) is 26.5. The monoisotopic (exact) mass is 328 g/mol. The van der Waals surface area contributed by atoms with Crippen LogP contribution in [0.1, 0.15) is 0 Å². The Morgan fingerprint density at radius 2 is 1.58 bits per heavy atom. The normalized spacial score (nSPS) is 19.6. The van der Waals surface area contributed by atoms with E-state index >= 15 is 0 Å². The Morgan fingerprint density at radius 3 is 2.00 bits per heavy atom. The maximum atomic E-state index is 7.50. The average Bonchev–Trinajstić information content (AvgIpc) is 2.51. The van der Waals surface area contributed by atoms with Crippen LogP contribution in [0, 0.1) is 46.1 Å². The molecule has 1 aliphatic heterocycles. The van der Waals surface area contributed by atoms with Gasteiger partial charge in [0.2, 0.25) is 0 Å². The number of hydrogen-bond acceptors (Lipinski definition) is 2. The summed E-state index contributed by atoms with van der Waals surface area (Å²) in [5.41, 5.74) is 0. The van der Waals surface area contributed by atoms with Crippen molar-refractivity contribution in [1.82, 2.24) is 0 Å². The van der Waals surface area contributed by atoms with E-state index in [9.17, 15) is 0 Å². The summed E-state index contributed by atoms with van der Waals surface area (Å²) in [7, 11) is 0. The van der Waals surface area contributed by atoms with E-state index in [0.29, 0.717) is 19.1 Å². The molecular weight excluding hydrogens is 315 g/mol.